The summed E-state index contributed by atoms with van der Waals surface area (Å²) in [5.74, 6) is 1.88. The number of tetrazole rings is 1. The number of amides is 2. The summed E-state index contributed by atoms with van der Waals surface area (Å²) >= 11 is 0. The van der Waals surface area contributed by atoms with Crippen molar-refractivity contribution in [3.63, 3.8) is 0 Å². The molecule has 2 aromatic heterocycles. The molecule has 2 aromatic rings. The lowest BCUT2D eigenvalue weighted by atomic mass is 10.2. The van der Waals surface area contributed by atoms with E-state index >= 15 is 0 Å². The monoisotopic (exact) mass is 344 g/mol. The van der Waals surface area contributed by atoms with Gasteiger partial charge >= 0.3 is 6.03 Å². The summed E-state index contributed by atoms with van der Waals surface area (Å²) in [7, 11) is 0. The molecule has 1 aliphatic carbocycles. The van der Waals surface area contributed by atoms with Gasteiger partial charge in [0.25, 0.3) is 0 Å². The molecule has 4 rings (SSSR count). The molecule has 2 amide bonds. The molecule has 3 heterocycles. The van der Waals surface area contributed by atoms with Crippen molar-refractivity contribution in [3.8, 4) is 0 Å². The van der Waals surface area contributed by atoms with Crippen molar-refractivity contribution in [2.45, 2.75) is 64.1 Å². The fourth-order valence-corrected chi connectivity index (χ4v) is 3.27. The Morgan fingerprint density at radius 1 is 1.40 bits per heavy atom. The molecule has 0 aromatic carbocycles. The third kappa shape index (κ3) is 3.64. The van der Waals surface area contributed by atoms with E-state index in [4.69, 9.17) is 0 Å². The highest BCUT2D eigenvalue weighted by Gasteiger charge is 2.29. The van der Waals surface area contributed by atoms with Crippen molar-refractivity contribution in [3.05, 3.63) is 23.5 Å². The van der Waals surface area contributed by atoms with Gasteiger partial charge in [0.05, 0.1) is 17.8 Å². The number of fused-ring (bicyclic) bond motifs is 1. The van der Waals surface area contributed by atoms with Crippen LogP contribution in [0.2, 0.25) is 0 Å². The summed E-state index contributed by atoms with van der Waals surface area (Å²) in [6.07, 6.45) is 8.55. The largest absolute Gasteiger partial charge is 0.338 e. The molecule has 2 N–H and O–H groups in total. The Hall–Kier alpha value is -2.45. The van der Waals surface area contributed by atoms with Gasteiger partial charge < -0.3 is 15.2 Å². The van der Waals surface area contributed by atoms with Gasteiger partial charge in [-0.15, -0.1) is 5.10 Å². The lowest BCUT2D eigenvalue weighted by Gasteiger charge is -2.14. The maximum absolute atomic E-state index is 12.1. The molecule has 9 heteroatoms. The van der Waals surface area contributed by atoms with Crippen LogP contribution < -0.4 is 10.6 Å². The average Bonchev–Trinajstić information content (AvgIpc) is 3.18. The maximum atomic E-state index is 12.1. The van der Waals surface area contributed by atoms with Gasteiger partial charge in [-0.2, -0.15) is 0 Å². The van der Waals surface area contributed by atoms with E-state index in [0.717, 1.165) is 37.9 Å². The fourth-order valence-electron chi connectivity index (χ4n) is 3.27. The van der Waals surface area contributed by atoms with Gasteiger partial charge in [-0.1, -0.05) is 0 Å². The van der Waals surface area contributed by atoms with Gasteiger partial charge in [0.15, 0.2) is 5.82 Å². The van der Waals surface area contributed by atoms with Crippen LogP contribution in [0, 0.1) is 0 Å². The Bertz CT molecular complexity index is 724. The van der Waals surface area contributed by atoms with Crippen LogP contribution in [0.1, 0.15) is 62.0 Å². The van der Waals surface area contributed by atoms with Gasteiger partial charge in [-0.05, 0) is 43.0 Å². The smallest absolute Gasteiger partial charge is 0.315 e. The first-order valence-corrected chi connectivity index (χ1v) is 9.08. The molecule has 1 fully saturated rings. The Morgan fingerprint density at radius 3 is 3.08 bits per heavy atom. The lowest BCUT2D eigenvalue weighted by Crippen LogP contribution is -2.38. The van der Waals surface area contributed by atoms with Crippen molar-refractivity contribution in [2.24, 2.45) is 0 Å². The number of carbonyl (C=O) groups excluding carboxylic acids is 1. The Morgan fingerprint density at radius 2 is 2.28 bits per heavy atom. The second-order valence-electron chi connectivity index (χ2n) is 6.88. The van der Waals surface area contributed by atoms with Gasteiger partial charge in [0, 0.05) is 32.1 Å². The minimum absolute atomic E-state index is 0.207. The molecule has 0 saturated heterocycles. The number of urea groups is 1. The number of aryl methyl sites for hydroxylation is 2. The third-order valence-corrected chi connectivity index (χ3v) is 4.77. The molecule has 1 atom stereocenters. The highest BCUT2D eigenvalue weighted by molar-refractivity contribution is 5.74. The second-order valence-corrected chi connectivity index (χ2v) is 6.88. The van der Waals surface area contributed by atoms with E-state index in [1.807, 2.05) is 11.6 Å². The third-order valence-electron chi connectivity index (χ3n) is 4.77. The summed E-state index contributed by atoms with van der Waals surface area (Å²) in [6, 6.07) is -0.0402. The molecule has 0 radical (unpaired) electrons. The first-order valence-electron chi connectivity index (χ1n) is 9.08. The van der Waals surface area contributed by atoms with Gasteiger partial charge in [-0.25, -0.2) is 14.5 Å². The molecule has 9 nitrogen and oxygen atoms in total. The fraction of sp³-hybridized carbons (Fsp3) is 0.688. The van der Waals surface area contributed by atoms with E-state index in [9.17, 15) is 4.79 Å². The van der Waals surface area contributed by atoms with Gasteiger partial charge in [0.2, 0.25) is 0 Å². The van der Waals surface area contributed by atoms with Crippen LogP contribution >= 0.6 is 0 Å². The van der Waals surface area contributed by atoms with Crippen LogP contribution in [0.5, 0.6) is 0 Å². The van der Waals surface area contributed by atoms with Crippen LogP contribution in [0.15, 0.2) is 6.20 Å². The number of carbonyl (C=O) groups is 1. The summed E-state index contributed by atoms with van der Waals surface area (Å²) in [4.78, 5) is 16.8. The average molecular weight is 344 g/mol. The normalized spacial score (nSPS) is 17.8. The maximum Gasteiger partial charge on any atom is 0.315 e. The van der Waals surface area contributed by atoms with E-state index in [2.05, 4.69) is 41.9 Å². The summed E-state index contributed by atoms with van der Waals surface area (Å²) in [5.41, 5.74) is 1.04. The summed E-state index contributed by atoms with van der Waals surface area (Å²) in [6.45, 7) is 3.51. The molecule has 1 unspecified atom stereocenters. The minimum atomic E-state index is -0.226. The molecule has 0 spiro atoms. The van der Waals surface area contributed by atoms with Gasteiger partial charge in [-0.3, -0.25) is 0 Å². The number of hydrogen-bond acceptors (Lipinski definition) is 5. The number of aromatic nitrogens is 6. The molecule has 1 aliphatic heterocycles. The highest BCUT2D eigenvalue weighted by atomic mass is 16.2. The van der Waals surface area contributed by atoms with Gasteiger partial charge in [0.1, 0.15) is 5.82 Å². The van der Waals surface area contributed by atoms with E-state index in [1.54, 1.807) is 0 Å². The van der Waals surface area contributed by atoms with E-state index in [0.29, 0.717) is 18.4 Å². The number of nitrogens with zero attached hydrogens (tertiary/aromatic N) is 6. The molecule has 134 valence electrons. The van der Waals surface area contributed by atoms with E-state index in [1.165, 1.54) is 18.7 Å². The number of imidazole rings is 1. The molecule has 0 bridgehead atoms. The molecular weight excluding hydrogens is 320 g/mol. The first kappa shape index (κ1) is 16.0. The molecule has 25 heavy (non-hydrogen) atoms. The van der Waals surface area contributed by atoms with E-state index < -0.39 is 0 Å². The second kappa shape index (κ2) is 6.81. The Balaban J connectivity index is 1.25. The molecular formula is C16H24N8O. The Kier molecular flexibility index (Phi) is 4.37. The predicted molar refractivity (Wildman–Crippen MR) is 89.9 cm³/mol. The van der Waals surface area contributed by atoms with Crippen molar-refractivity contribution >= 4 is 6.03 Å². The number of nitrogens with one attached hydrogen (secondary N) is 2. The van der Waals surface area contributed by atoms with Crippen molar-refractivity contribution in [2.75, 3.05) is 6.54 Å². The summed E-state index contributed by atoms with van der Waals surface area (Å²) < 4.78 is 4.05. The highest BCUT2D eigenvalue weighted by Crippen LogP contribution is 2.35. The van der Waals surface area contributed by atoms with E-state index in [-0.39, 0.29) is 12.1 Å². The first-order chi connectivity index (χ1) is 12.2. The SMILES string of the molecule is CC(NC(=O)NCCc1cn2c(n1)CCCC2)c1nnnn1C1CC1. The summed E-state index contributed by atoms with van der Waals surface area (Å²) in [5, 5.41) is 17.6. The van der Waals surface area contributed by atoms with Crippen LogP contribution in [0.25, 0.3) is 0 Å². The number of rotatable bonds is 6. The molecule has 1 saturated carbocycles. The number of hydrogen-bond donors (Lipinski definition) is 2. The van der Waals surface area contributed by atoms with Crippen molar-refractivity contribution in [1.29, 1.82) is 0 Å². The minimum Gasteiger partial charge on any atom is -0.338 e. The van der Waals surface area contributed by atoms with Crippen molar-refractivity contribution in [1.82, 2.24) is 40.4 Å². The van der Waals surface area contributed by atoms with Crippen LogP contribution in [-0.4, -0.2) is 42.3 Å². The standard InChI is InChI=1S/C16H24N8O/c1-11(15-20-21-22-24(15)13-5-6-13)18-16(25)17-8-7-12-10-23-9-3-2-4-14(23)19-12/h10-11,13H,2-9H2,1H3,(H2,17,18,25). The van der Waals surface area contributed by atoms with Crippen LogP contribution in [0.3, 0.4) is 0 Å². The molecule has 2 aliphatic rings. The zero-order valence-corrected chi connectivity index (χ0v) is 14.5. The predicted octanol–water partition coefficient (Wildman–Crippen LogP) is 1.14. The topological polar surface area (TPSA) is 103 Å². The van der Waals surface area contributed by atoms with Crippen LogP contribution in [0.4, 0.5) is 4.79 Å². The zero-order valence-electron chi connectivity index (χ0n) is 14.5. The van der Waals surface area contributed by atoms with Crippen LogP contribution in [-0.2, 0) is 19.4 Å². The Labute approximate surface area is 146 Å². The lowest BCUT2D eigenvalue weighted by molar-refractivity contribution is 0.237. The quantitative estimate of drug-likeness (QED) is 0.818. The zero-order chi connectivity index (χ0) is 17.2. The van der Waals surface area contributed by atoms with Crippen molar-refractivity contribution < 1.29 is 4.79 Å².